The van der Waals surface area contributed by atoms with Crippen LogP contribution in [0.5, 0.6) is 0 Å². The van der Waals surface area contributed by atoms with E-state index in [4.69, 9.17) is 4.98 Å². The molecule has 5 aromatic rings. The molecule has 0 aliphatic rings. The van der Waals surface area contributed by atoms with Gasteiger partial charge in [0.05, 0.1) is 16.6 Å². The van der Waals surface area contributed by atoms with Crippen LogP contribution in [0.2, 0.25) is 0 Å². The molecule has 27 heavy (non-hydrogen) atoms. The molecule has 0 fully saturated rings. The first-order chi connectivity index (χ1) is 13.0. The van der Waals surface area contributed by atoms with Gasteiger partial charge in [0.2, 0.25) is 0 Å². The van der Waals surface area contributed by atoms with E-state index in [2.05, 4.69) is 17.1 Å². The number of fused-ring (bicyclic) bond motifs is 6. The third-order valence-electron chi connectivity index (χ3n) is 4.86. The SMILES string of the molecule is FC(F)(F)c1ccc(-c2nc3c4ccccc4c4ccccc4c3[nH]2)cc1. The molecule has 0 radical (unpaired) electrons. The minimum absolute atomic E-state index is 0.556. The summed E-state index contributed by atoms with van der Waals surface area (Å²) in [5.74, 6) is 0.556. The molecule has 0 aliphatic carbocycles. The predicted octanol–water partition coefficient (Wildman–Crippen LogP) is 6.56. The predicted molar refractivity (Wildman–Crippen MR) is 102 cm³/mol. The Bertz CT molecular complexity index is 1230. The quantitative estimate of drug-likeness (QED) is 0.336. The van der Waals surface area contributed by atoms with Crippen LogP contribution in [-0.2, 0) is 6.18 Å². The molecule has 5 heteroatoms. The Morgan fingerprint density at radius 3 is 1.85 bits per heavy atom. The maximum Gasteiger partial charge on any atom is 0.416 e. The maximum absolute atomic E-state index is 12.8. The number of imidazole rings is 1. The lowest BCUT2D eigenvalue weighted by atomic mass is 10.0. The molecule has 0 saturated heterocycles. The Balaban J connectivity index is 1.79. The van der Waals surface area contributed by atoms with Gasteiger partial charge in [0.1, 0.15) is 5.82 Å². The summed E-state index contributed by atoms with van der Waals surface area (Å²) in [6, 6.07) is 21.1. The van der Waals surface area contributed by atoms with E-state index in [0.29, 0.717) is 11.4 Å². The molecule has 1 N–H and O–H groups in total. The number of halogens is 3. The average Bonchev–Trinajstić information content (AvgIpc) is 3.14. The molecule has 4 aromatic carbocycles. The van der Waals surface area contributed by atoms with Crippen molar-refractivity contribution in [2.24, 2.45) is 0 Å². The van der Waals surface area contributed by atoms with E-state index in [0.717, 1.165) is 44.7 Å². The molecule has 0 atom stereocenters. The number of nitrogens with zero attached hydrogens (tertiary/aromatic N) is 1. The van der Waals surface area contributed by atoms with Gasteiger partial charge >= 0.3 is 6.18 Å². The van der Waals surface area contributed by atoms with Gasteiger partial charge in [0.25, 0.3) is 0 Å². The number of benzene rings is 4. The second-order valence-corrected chi connectivity index (χ2v) is 6.48. The van der Waals surface area contributed by atoms with E-state index >= 15 is 0 Å². The highest BCUT2D eigenvalue weighted by Gasteiger charge is 2.30. The number of H-pyrrole nitrogens is 1. The van der Waals surface area contributed by atoms with Crippen LogP contribution in [0.1, 0.15) is 5.56 Å². The molecule has 0 unspecified atom stereocenters. The normalized spacial score (nSPS) is 12.3. The van der Waals surface area contributed by atoms with Gasteiger partial charge in [-0.1, -0.05) is 60.7 Å². The first-order valence-corrected chi connectivity index (χ1v) is 8.49. The number of hydrogen-bond donors (Lipinski definition) is 1. The molecule has 0 saturated carbocycles. The highest BCUT2D eigenvalue weighted by atomic mass is 19.4. The number of alkyl halides is 3. The molecule has 1 heterocycles. The second-order valence-electron chi connectivity index (χ2n) is 6.48. The molecule has 5 rings (SSSR count). The second kappa shape index (κ2) is 5.58. The van der Waals surface area contributed by atoms with Crippen LogP contribution in [-0.4, -0.2) is 9.97 Å². The van der Waals surface area contributed by atoms with Crippen molar-refractivity contribution < 1.29 is 13.2 Å². The van der Waals surface area contributed by atoms with Crippen LogP contribution in [0.15, 0.2) is 72.8 Å². The zero-order chi connectivity index (χ0) is 18.6. The summed E-state index contributed by atoms with van der Waals surface area (Å²) >= 11 is 0. The average molecular weight is 362 g/mol. The van der Waals surface area contributed by atoms with Crippen molar-refractivity contribution in [1.82, 2.24) is 9.97 Å². The van der Waals surface area contributed by atoms with Gasteiger partial charge in [-0.25, -0.2) is 4.98 Å². The fourth-order valence-corrected chi connectivity index (χ4v) is 3.58. The summed E-state index contributed by atoms with van der Waals surface area (Å²) in [5, 5.41) is 4.27. The standard InChI is InChI=1S/C22H13F3N2/c23-22(24,25)14-11-9-13(10-12-14)21-26-19-17-7-3-1-5-15(17)16-6-2-4-8-18(16)20(19)27-21/h1-12H,(H,26,27). The van der Waals surface area contributed by atoms with Crippen LogP contribution in [0.4, 0.5) is 13.2 Å². The lowest BCUT2D eigenvalue weighted by molar-refractivity contribution is -0.137. The lowest BCUT2D eigenvalue weighted by Crippen LogP contribution is -2.04. The summed E-state index contributed by atoms with van der Waals surface area (Å²) in [5.41, 5.74) is 1.66. The van der Waals surface area contributed by atoms with Gasteiger partial charge in [-0.15, -0.1) is 0 Å². The molecule has 0 bridgehead atoms. The van der Waals surface area contributed by atoms with Crippen LogP contribution in [0.25, 0.3) is 44.0 Å². The number of aromatic nitrogens is 2. The number of aromatic amines is 1. The van der Waals surface area contributed by atoms with Gasteiger partial charge in [0, 0.05) is 16.3 Å². The third-order valence-corrected chi connectivity index (χ3v) is 4.86. The molecule has 0 aliphatic heterocycles. The highest BCUT2D eigenvalue weighted by molar-refractivity contribution is 6.23. The zero-order valence-corrected chi connectivity index (χ0v) is 14.0. The Morgan fingerprint density at radius 1 is 0.667 bits per heavy atom. The van der Waals surface area contributed by atoms with E-state index in [9.17, 15) is 13.2 Å². The Hall–Kier alpha value is -3.34. The molecule has 0 amide bonds. The minimum Gasteiger partial charge on any atom is -0.337 e. The van der Waals surface area contributed by atoms with Crippen LogP contribution < -0.4 is 0 Å². The van der Waals surface area contributed by atoms with Crippen LogP contribution in [0, 0.1) is 0 Å². The van der Waals surface area contributed by atoms with E-state index in [1.54, 1.807) is 0 Å². The van der Waals surface area contributed by atoms with Crippen molar-refractivity contribution in [2.45, 2.75) is 6.18 Å². The summed E-state index contributed by atoms with van der Waals surface area (Å²) in [6.45, 7) is 0. The van der Waals surface area contributed by atoms with Gasteiger partial charge in [-0.05, 0) is 22.9 Å². The minimum atomic E-state index is -4.35. The molecule has 132 valence electrons. The van der Waals surface area contributed by atoms with Gasteiger partial charge < -0.3 is 4.98 Å². The Morgan fingerprint density at radius 2 is 1.22 bits per heavy atom. The largest absolute Gasteiger partial charge is 0.416 e. The fourth-order valence-electron chi connectivity index (χ4n) is 3.58. The van der Waals surface area contributed by atoms with Crippen molar-refractivity contribution in [1.29, 1.82) is 0 Å². The van der Waals surface area contributed by atoms with Gasteiger partial charge in [-0.3, -0.25) is 0 Å². The molecule has 0 spiro atoms. The molecule has 1 aromatic heterocycles. The van der Waals surface area contributed by atoms with Crippen molar-refractivity contribution >= 4 is 32.6 Å². The first-order valence-electron chi connectivity index (χ1n) is 8.49. The number of hydrogen-bond acceptors (Lipinski definition) is 1. The topological polar surface area (TPSA) is 28.7 Å². The van der Waals surface area contributed by atoms with Crippen molar-refractivity contribution in [3.63, 3.8) is 0 Å². The van der Waals surface area contributed by atoms with E-state index in [1.165, 1.54) is 12.1 Å². The van der Waals surface area contributed by atoms with E-state index < -0.39 is 11.7 Å². The van der Waals surface area contributed by atoms with Crippen molar-refractivity contribution in [2.75, 3.05) is 0 Å². The summed E-state index contributed by atoms with van der Waals surface area (Å²) in [7, 11) is 0. The maximum atomic E-state index is 12.8. The summed E-state index contributed by atoms with van der Waals surface area (Å²) < 4.78 is 38.4. The van der Waals surface area contributed by atoms with Gasteiger partial charge in [-0.2, -0.15) is 13.2 Å². The van der Waals surface area contributed by atoms with E-state index in [1.807, 2.05) is 36.4 Å². The van der Waals surface area contributed by atoms with Crippen molar-refractivity contribution in [3.05, 3.63) is 78.4 Å². The van der Waals surface area contributed by atoms with Crippen LogP contribution >= 0.6 is 0 Å². The Labute approximate surface area is 152 Å². The molecule has 2 nitrogen and oxygen atoms in total. The fraction of sp³-hybridized carbons (Fsp3) is 0.0455. The smallest absolute Gasteiger partial charge is 0.337 e. The van der Waals surface area contributed by atoms with Gasteiger partial charge in [0.15, 0.2) is 0 Å². The highest BCUT2D eigenvalue weighted by Crippen LogP contribution is 2.36. The van der Waals surface area contributed by atoms with E-state index in [-0.39, 0.29) is 0 Å². The monoisotopic (exact) mass is 362 g/mol. The van der Waals surface area contributed by atoms with Crippen LogP contribution in [0.3, 0.4) is 0 Å². The van der Waals surface area contributed by atoms with Crippen molar-refractivity contribution in [3.8, 4) is 11.4 Å². The first kappa shape index (κ1) is 15.9. The third kappa shape index (κ3) is 2.46. The summed E-state index contributed by atoms with van der Waals surface area (Å²) in [4.78, 5) is 8.03. The molecular weight excluding hydrogens is 349 g/mol. The Kier molecular flexibility index (Phi) is 3.28. The lowest BCUT2D eigenvalue weighted by Gasteiger charge is -2.06. The summed E-state index contributed by atoms with van der Waals surface area (Å²) in [6.07, 6.45) is -4.35. The number of nitrogens with one attached hydrogen (secondary N) is 1. The molecular formula is C22H13F3N2. The zero-order valence-electron chi connectivity index (χ0n) is 14.0. The number of rotatable bonds is 1.